The lowest BCUT2D eigenvalue weighted by Gasteiger charge is -2.18. The van der Waals surface area contributed by atoms with E-state index in [0.29, 0.717) is 53.9 Å². The number of nitrogens with two attached hydrogens (primary N) is 2. The maximum Gasteiger partial charge on any atom is 0.339 e. The number of nitrogen functional groups attached to an aromatic ring is 1. The van der Waals surface area contributed by atoms with Crippen molar-refractivity contribution in [1.29, 1.82) is 0 Å². The molecule has 0 radical (unpaired) electrons. The minimum absolute atomic E-state index is 0.0902. The van der Waals surface area contributed by atoms with E-state index in [0.717, 1.165) is 19.3 Å². The molecular formula is C19H28N5O4+. The molecule has 1 aromatic heterocycles. The molecule has 152 valence electrons. The fourth-order valence-corrected chi connectivity index (χ4v) is 3.24. The van der Waals surface area contributed by atoms with Crippen LogP contribution in [0.1, 0.15) is 19.3 Å². The molecule has 1 saturated heterocycles. The monoisotopic (exact) mass is 390 g/mol. The van der Waals surface area contributed by atoms with Crippen LogP contribution in [0, 0.1) is 0 Å². The number of amides is 1. The third-order valence-electron chi connectivity index (χ3n) is 4.85. The SMILES string of the molecule is COc1cc2nc(N(C)CCC[NH2+]C(=O)C3CCCO3)nc(N)c2cc1OC. The minimum atomic E-state index is -0.242. The maximum atomic E-state index is 12.0. The number of hydrogen-bond acceptors (Lipinski definition) is 8. The van der Waals surface area contributed by atoms with E-state index in [-0.39, 0.29) is 12.0 Å². The molecule has 1 aliphatic heterocycles. The second-order valence-corrected chi connectivity index (χ2v) is 6.81. The fourth-order valence-electron chi connectivity index (χ4n) is 3.24. The van der Waals surface area contributed by atoms with Crippen LogP contribution in [-0.2, 0) is 9.53 Å². The molecule has 1 fully saturated rings. The number of carbonyl (C=O) groups is 1. The number of rotatable bonds is 8. The number of quaternary nitrogens is 1. The van der Waals surface area contributed by atoms with Gasteiger partial charge in [0.25, 0.3) is 0 Å². The minimum Gasteiger partial charge on any atom is -0.493 e. The molecule has 0 aliphatic carbocycles. The van der Waals surface area contributed by atoms with Gasteiger partial charge in [-0.25, -0.2) is 9.78 Å². The summed E-state index contributed by atoms with van der Waals surface area (Å²) in [6.07, 6.45) is 2.36. The van der Waals surface area contributed by atoms with Crippen LogP contribution in [0.25, 0.3) is 10.9 Å². The number of primary amides is 1. The van der Waals surface area contributed by atoms with Gasteiger partial charge in [0.15, 0.2) is 17.6 Å². The van der Waals surface area contributed by atoms with Crippen molar-refractivity contribution in [2.75, 3.05) is 51.6 Å². The lowest BCUT2D eigenvalue weighted by atomic mass is 10.2. The van der Waals surface area contributed by atoms with Crippen LogP contribution in [0.5, 0.6) is 11.5 Å². The molecule has 0 spiro atoms. The van der Waals surface area contributed by atoms with Gasteiger partial charge in [-0.15, -0.1) is 0 Å². The summed E-state index contributed by atoms with van der Waals surface area (Å²) in [7, 11) is 5.06. The van der Waals surface area contributed by atoms with Gasteiger partial charge in [-0.1, -0.05) is 0 Å². The first kappa shape index (κ1) is 20.1. The summed E-state index contributed by atoms with van der Waals surface area (Å²) in [5, 5.41) is 2.45. The van der Waals surface area contributed by atoms with E-state index >= 15 is 0 Å². The smallest absolute Gasteiger partial charge is 0.339 e. The molecule has 9 heteroatoms. The van der Waals surface area contributed by atoms with Crippen molar-refractivity contribution in [3.05, 3.63) is 12.1 Å². The van der Waals surface area contributed by atoms with Gasteiger partial charge in [0.2, 0.25) is 5.95 Å². The van der Waals surface area contributed by atoms with Crippen LogP contribution < -0.4 is 25.4 Å². The second-order valence-electron chi connectivity index (χ2n) is 6.81. The average Bonchev–Trinajstić information content (AvgIpc) is 3.24. The number of anilines is 2. The maximum absolute atomic E-state index is 12.0. The van der Waals surface area contributed by atoms with Gasteiger partial charge in [-0.05, 0) is 18.9 Å². The predicted molar refractivity (Wildman–Crippen MR) is 106 cm³/mol. The standard InChI is InChI=1S/C19H27N5O4/c1-24(8-5-7-21-18(25)14-6-4-9-28-14)19-22-13-11-16(27-3)15(26-2)10-12(13)17(20)23-19/h10-11,14H,4-9H2,1-3H3,(H,21,25)(H2,20,22,23)/p+1. The molecule has 9 nitrogen and oxygen atoms in total. The molecule has 0 saturated carbocycles. The van der Waals surface area contributed by atoms with Crippen molar-refractivity contribution < 1.29 is 24.3 Å². The summed E-state index contributed by atoms with van der Waals surface area (Å²) in [4.78, 5) is 22.9. The Bertz CT molecular complexity index is 839. The van der Waals surface area contributed by atoms with E-state index in [1.165, 1.54) is 0 Å². The highest BCUT2D eigenvalue weighted by Crippen LogP contribution is 2.33. The molecular weight excluding hydrogens is 362 g/mol. The number of benzene rings is 1. The summed E-state index contributed by atoms with van der Waals surface area (Å²) in [5.41, 5.74) is 6.82. The van der Waals surface area contributed by atoms with Crippen molar-refractivity contribution in [2.45, 2.75) is 25.4 Å². The summed E-state index contributed by atoms with van der Waals surface area (Å²) in [5.74, 6) is 2.17. The van der Waals surface area contributed by atoms with Gasteiger partial charge < -0.3 is 24.8 Å². The van der Waals surface area contributed by atoms with Gasteiger partial charge in [0, 0.05) is 38.1 Å². The van der Waals surface area contributed by atoms with Gasteiger partial charge in [-0.2, -0.15) is 4.98 Å². The van der Waals surface area contributed by atoms with Gasteiger partial charge in [-0.3, -0.25) is 5.32 Å². The van der Waals surface area contributed by atoms with Gasteiger partial charge in [0.1, 0.15) is 5.82 Å². The zero-order chi connectivity index (χ0) is 20.1. The van der Waals surface area contributed by atoms with Crippen LogP contribution in [0.15, 0.2) is 12.1 Å². The Morgan fingerprint density at radius 2 is 2.07 bits per heavy atom. The van der Waals surface area contributed by atoms with Crippen molar-refractivity contribution in [1.82, 2.24) is 9.97 Å². The van der Waals surface area contributed by atoms with Gasteiger partial charge in [0.05, 0.1) is 26.3 Å². The first-order valence-corrected chi connectivity index (χ1v) is 9.42. The molecule has 1 aliphatic rings. The summed E-state index contributed by atoms with van der Waals surface area (Å²) in [6.45, 7) is 2.08. The van der Waals surface area contributed by atoms with E-state index < -0.39 is 0 Å². The van der Waals surface area contributed by atoms with Crippen LogP contribution in [-0.4, -0.2) is 62.9 Å². The van der Waals surface area contributed by atoms with E-state index in [9.17, 15) is 4.79 Å². The topological polar surface area (TPSA) is 116 Å². The van der Waals surface area contributed by atoms with E-state index in [1.807, 2.05) is 11.9 Å². The highest BCUT2D eigenvalue weighted by Gasteiger charge is 2.26. The highest BCUT2D eigenvalue weighted by molar-refractivity contribution is 5.91. The molecule has 0 bridgehead atoms. The van der Waals surface area contributed by atoms with Crippen LogP contribution in [0.2, 0.25) is 0 Å². The Labute approximate surface area is 164 Å². The predicted octanol–water partition coefficient (Wildman–Crippen LogP) is 0.325. The number of methoxy groups -OCH3 is 2. The Hall–Kier alpha value is -2.65. The first-order chi connectivity index (χ1) is 13.5. The Morgan fingerprint density at radius 3 is 2.75 bits per heavy atom. The number of carbonyl (C=O) groups excluding carboxylic acids is 1. The molecule has 28 heavy (non-hydrogen) atoms. The summed E-state index contributed by atoms with van der Waals surface area (Å²) in [6, 6.07) is 3.57. The molecule has 1 amide bonds. The number of nitrogens with zero attached hydrogens (tertiary/aromatic N) is 3. The fraction of sp³-hybridized carbons (Fsp3) is 0.526. The van der Waals surface area contributed by atoms with Crippen LogP contribution >= 0.6 is 0 Å². The number of fused-ring (bicyclic) bond motifs is 1. The van der Waals surface area contributed by atoms with E-state index in [4.69, 9.17) is 19.9 Å². The second kappa shape index (κ2) is 9.03. The Kier molecular flexibility index (Phi) is 6.48. The number of aromatic nitrogens is 2. The zero-order valence-electron chi connectivity index (χ0n) is 16.6. The highest BCUT2D eigenvalue weighted by atomic mass is 16.5. The zero-order valence-corrected chi connectivity index (χ0v) is 16.6. The molecule has 1 aromatic carbocycles. The lowest BCUT2D eigenvalue weighted by molar-refractivity contribution is -0.572. The van der Waals surface area contributed by atoms with Crippen molar-refractivity contribution >= 4 is 28.6 Å². The Morgan fingerprint density at radius 1 is 1.32 bits per heavy atom. The first-order valence-electron chi connectivity index (χ1n) is 9.42. The normalized spacial score (nSPS) is 16.3. The summed E-state index contributed by atoms with van der Waals surface area (Å²) >= 11 is 0. The number of hydrogen-bond donors (Lipinski definition) is 2. The van der Waals surface area contributed by atoms with Crippen LogP contribution in [0.3, 0.4) is 0 Å². The van der Waals surface area contributed by atoms with E-state index in [2.05, 4.69) is 9.97 Å². The largest absolute Gasteiger partial charge is 0.493 e. The number of ether oxygens (including phenoxy) is 3. The quantitative estimate of drug-likeness (QED) is 0.619. The molecule has 2 aromatic rings. The lowest BCUT2D eigenvalue weighted by Crippen LogP contribution is -2.90. The molecule has 4 N–H and O–H groups in total. The van der Waals surface area contributed by atoms with E-state index in [1.54, 1.807) is 31.7 Å². The van der Waals surface area contributed by atoms with Crippen LogP contribution in [0.4, 0.5) is 11.8 Å². The molecule has 1 unspecified atom stereocenters. The molecule has 1 atom stereocenters. The molecule has 2 heterocycles. The van der Waals surface area contributed by atoms with Crippen molar-refractivity contribution in [3.63, 3.8) is 0 Å². The van der Waals surface area contributed by atoms with Gasteiger partial charge >= 0.3 is 5.91 Å². The van der Waals surface area contributed by atoms with Crippen molar-refractivity contribution in [2.24, 2.45) is 0 Å². The average molecular weight is 390 g/mol. The third kappa shape index (κ3) is 4.42. The molecule has 3 rings (SSSR count). The summed E-state index contributed by atoms with van der Waals surface area (Å²) < 4.78 is 16.1. The van der Waals surface area contributed by atoms with Crippen molar-refractivity contribution in [3.8, 4) is 11.5 Å². The third-order valence-corrected chi connectivity index (χ3v) is 4.85. The Balaban J connectivity index is 1.62.